The molecule has 150 valence electrons. The molecule has 0 saturated heterocycles. The van der Waals surface area contributed by atoms with Gasteiger partial charge in [-0.1, -0.05) is 53.2 Å². The molecule has 0 unspecified atom stereocenters. The molecular weight excluding hydrogens is 416 g/mol. The van der Waals surface area contributed by atoms with Crippen LogP contribution in [0.5, 0.6) is 0 Å². The minimum Gasteiger partial charge on any atom is -0.350 e. The number of hydrogen-bond donors (Lipinski definition) is 1. The number of amides is 2. The molecule has 6 heteroatoms. The van der Waals surface area contributed by atoms with Crippen molar-refractivity contribution in [2.45, 2.75) is 18.7 Å². The zero-order valence-corrected chi connectivity index (χ0v) is 18.1. The topological polar surface area (TPSA) is 49.4 Å². The van der Waals surface area contributed by atoms with E-state index in [0.29, 0.717) is 15.6 Å². The predicted octanol–water partition coefficient (Wildman–Crippen LogP) is 5.95. The van der Waals surface area contributed by atoms with Gasteiger partial charge in [0.25, 0.3) is 11.8 Å². The number of rotatable bonds is 5. The lowest BCUT2D eigenvalue weighted by molar-refractivity contribution is -0.120. The number of carbonyl (C=O) groups excluding carboxylic acids is 2. The lowest BCUT2D eigenvalue weighted by atomic mass is 10.2. The summed E-state index contributed by atoms with van der Waals surface area (Å²) in [6, 6.07) is 22.2. The molecule has 1 aliphatic rings. The van der Waals surface area contributed by atoms with Crippen molar-refractivity contribution in [3.05, 3.63) is 99.5 Å². The van der Waals surface area contributed by atoms with E-state index in [9.17, 15) is 9.59 Å². The van der Waals surface area contributed by atoms with E-state index >= 15 is 0 Å². The molecule has 0 fully saturated rings. The van der Waals surface area contributed by atoms with Gasteiger partial charge in [-0.25, -0.2) is 4.90 Å². The van der Waals surface area contributed by atoms with Crippen molar-refractivity contribution in [2.24, 2.45) is 0 Å². The molecule has 2 amide bonds. The van der Waals surface area contributed by atoms with Crippen molar-refractivity contribution in [2.75, 3.05) is 10.2 Å². The van der Waals surface area contributed by atoms with Gasteiger partial charge in [0.2, 0.25) is 0 Å². The maximum Gasteiger partial charge on any atom is 0.283 e. The first-order valence-corrected chi connectivity index (χ1v) is 10.6. The largest absolute Gasteiger partial charge is 0.350 e. The Bertz CT molecular complexity index is 1150. The number of nitrogens with zero attached hydrogens (tertiary/aromatic N) is 1. The van der Waals surface area contributed by atoms with Crippen LogP contribution in [0.1, 0.15) is 11.1 Å². The number of imide groups is 1. The van der Waals surface area contributed by atoms with Crippen LogP contribution in [-0.2, 0) is 9.59 Å². The van der Waals surface area contributed by atoms with Crippen LogP contribution in [0.15, 0.2) is 88.3 Å². The second kappa shape index (κ2) is 8.38. The molecule has 4 rings (SSSR count). The fraction of sp³-hybridized carbons (Fsp3) is 0.0833. The highest BCUT2D eigenvalue weighted by Gasteiger charge is 2.40. The number of anilines is 2. The van der Waals surface area contributed by atoms with Gasteiger partial charge in [-0.15, -0.1) is 0 Å². The van der Waals surface area contributed by atoms with E-state index in [0.717, 1.165) is 21.7 Å². The average molecular weight is 435 g/mol. The normalized spacial score (nSPS) is 13.9. The third-order valence-electron chi connectivity index (χ3n) is 4.65. The molecule has 30 heavy (non-hydrogen) atoms. The molecule has 0 spiro atoms. The van der Waals surface area contributed by atoms with E-state index in [-0.39, 0.29) is 11.6 Å². The summed E-state index contributed by atoms with van der Waals surface area (Å²) in [6.07, 6.45) is 0. The first kappa shape index (κ1) is 20.3. The molecular formula is C24H19ClN2O2S. The van der Waals surface area contributed by atoms with E-state index in [1.165, 1.54) is 16.7 Å². The first-order chi connectivity index (χ1) is 14.4. The van der Waals surface area contributed by atoms with Gasteiger partial charge in [0.05, 0.1) is 5.69 Å². The van der Waals surface area contributed by atoms with Gasteiger partial charge in [0.1, 0.15) is 10.6 Å². The molecule has 1 aliphatic heterocycles. The summed E-state index contributed by atoms with van der Waals surface area (Å²) < 4.78 is 0. The summed E-state index contributed by atoms with van der Waals surface area (Å²) in [5.74, 6) is -0.749. The molecule has 1 N–H and O–H groups in total. The number of hydrogen-bond acceptors (Lipinski definition) is 4. The highest BCUT2D eigenvalue weighted by molar-refractivity contribution is 8.04. The van der Waals surface area contributed by atoms with E-state index < -0.39 is 5.91 Å². The third kappa shape index (κ3) is 4.13. The van der Waals surface area contributed by atoms with Crippen LogP contribution >= 0.6 is 23.4 Å². The summed E-state index contributed by atoms with van der Waals surface area (Å²) in [5, 5.41) is 3.72. The summed E-state index contributed by atoms with van der Waals surface area (Å²) in [7, 11) is 0. The monoisotopic (exact) mass is 434 g/mol. The van der Waals surface area contributed by atoms with E-state index in [2.05, 4.69) is 5.32 Å². The molecule has 0 atom stereocenters. The summed E-state index contributed by atoms with van der Waals surface area (Å²) in [5.41, 5.74) is 3.69. The molecule has 0 aromatic heterocycles. The Balaban J connectivity index is 1.74. The standard InChI is InChI=1S/C24H19ClN2O2S/c1-15-6-12-20(13-7-15)30-22-21(26-18-5-3-4-16(2)14-18)23(28)27(24(22)29)19-10-8-17(25)9-11-19/h3-14,26H,1-2H3. The number of halogens is 1. The minimum absolute atomic E-state index is 0.270. The van der Waals surface area contributed by atoms with Gasteiger partial charge in [0.15, 0.2) is 0 Å². The van der Waals surface area contributed by atoms with Crippen molar-refractivity contribution in [1.82, 2.24) is 0 Å². The van der Waals surface area contributed by atoms with Crippen LogP contribution in [0, 0.1) is 13.8 Å². The Morgan fingerprint density at radius 2 is 1.53 bits per heavy atom. The predicted molar refractivity (Wildman–Crippen MR) is 123 cm³/mol. The zero-order valence-electron chi connectivity index (χ0n) is 16.5. The molecule has 0 saturated carbocycles. The molecule has 1 heterocycles. The SMILES string of the molecule is Cc1ccc(SC2=C(Nc3cccc(C)c3)C(=O)N(c3ccc(Cl)cc3)C2=O)cc1. The lowest BCUT2D eigenvalue weighted by Gasteiger charge is -2.15. The molecule has 3 aromatic rings. The molecule has 0 aliphatic carbocycles. The number of thioether (sulfide) groups is 1. The van der Waals surface area contributed by atoms with Crippen molar-refractivity contribution in [3.8, 4) is 0 Å². The van der Waals surface area contributed by atoms with Crippen LogP contribution < -0.4 is 10.2 Å². The van der Waals surface area contributed by atoms with Gasteiger partial charge in [-0.3, -0.25) is 9.59 Å². The van der Waals surface area contributed by atoms with Crippen LogP contribution in [0.3, 0.4) is 0 Å². The maximum absolute atomic E-state index is 13.3. The van der Waals surface area contributed by atoms with Gasteiger partial charge in [-0.05, 0) is 67.9 Å². The highest BCUT2D eigenvalue weighted by atomic mass is 35.5. The lowest BCUT2D eigenvalue weighted by Crippen LogP contribution is -2.32. The van der Waals surface area contributed by atoms with Crippen LogP contribution in [0.2, 0.25) is 5.02 Å². The smallest absolute Gasteiger partial charge is 0.283 e. The van der Waals surface area contributed by atoms with E-state index in [4.69, 9.17) is 11.6 Å². The zero-order chi connectivity index (χ0) is 21.3. The van der Waals surface area contributed by atoms with Gasteiger partial charge in [0, 0.05) is 15.6 Å². The number of carbonyl (C=O) groups is 2. The van der Waals surface area contributed by atoms with E-state index in [1.807, 2.05) is 62.4 Å². The molecule has 4 nitrogen and oxygen atoms in total. The van der Waals surface area contributed by atoms with Crippen molar-refractivity contribution in [3.63, 3.8) is 0 Å². The molecule has 0 radical (unpaired) electrons. The summed E-state index contributed by atoms with van der Waals surface area (Å²) in [4.78, 5) is 29.0. The summed E-state index contributed by atoms with van der Waals surface area (Å²) >= 11 is 7.26. The van der Waals surface area contributed by atoms with Gasteiger partial charge in [-0.2, -0.15) is 0 Å². The van der Waals surface area contributed by atoms with Crippen molar-refractivity contribution >= 4 is 46.6 Å². The van der Waals surface area contributed by atoms with Gasteiger partial charge >= 0.3 is 0 Å². The van der Waals surface area contributed by atoms with E-state index in [1.54, 1.807) is 24.3 Å². The fourth-order valence-corrected chi connectivity index (χ4v) is 4.18. The summed E-state index contributed by atoms with van der Waals surface area (Å²) in [6.45, 7) is 3.98. The number of aryl methyl sites for hydroxylation is 2. The Morgan fingerprint density at radius 3 is 2.20 bits per heavy atom. The molecule has 3 aromatic carbocycles. The minimum atomic E-state index is -0.390. The van der Waals surface area contributed by atoms with Crippen molar-refractivity contribution < 1.29 is 9.59 Å². The Labute approximate surface area is 184 Å². The third-order valence-corrected chi connectivity index (χ3v) is 6.00. The highest BCUT2D eigenvalue weighted by Crippen LogP contribution is 2.38. The number of nitrogens with one attached hydrogen (secondary N) is 1. The second-order valence-corrected chi connectivity index (χ2v) is 8.56. The Morgan fingerprint density at radius 1 is 0.833 bits per heavy atom. The maximum atomic E-state index is 13.3. The van der Waals surface area contributed by atoms with Gasteiger partial charge < -0.3 is 5.32 Å². The van der Waals surface area contributed by atoms with Crippen molar-refractivity contribution in [1.29, 1.82) is 0 Å². The quantitative estimate of drug-likeness (QED) is 0.504. The second-order valence-electron chi connectivity index (χ2n) is 7.04. The average Bonchev–Trinajstić information content (AvgIpc) is 2.94. The van der Waals surface area contributed by atoms with Crippen LogP contribution in [0.4, 0.5) is 11.4 Å². The van der Waals surface area contributed by atoms with Crippen LogP contribution in [0.25, 0.3) is 0 Å². The fourth-order valence-electron chi connectivity index (χ4n) is 3.13. The number of benzene rings is 3. The molecule has 0 bridgehead atoms. The Hall–Kier alpha value is -3.02. The van der Waals surface area contributed by atoms with Crippen LogP contribution in [-0.4, -0.2) is 11.8 Å². The Kier molecular flexibility index (Phi) is 5.66. The first-order valence-electron chi connectivity index (χ1n) is 9.39.